The van der Waals surface area contributed by atoms with Crippen molar-refractivity contribution >= 4 is 17.1 Å². The van der Waals surface area contributed by atoms with Crippen LogP contribution < -0.4 is 0 Å². The Kier molecular flexibility index (Phi) is 2.17. The second kappa shape index (κ2) is 3.87. The normalized spacial score (nSPS) is 12.3. The molecule has 0 spiro atoms. The zero-order valence-corrected chi connectivity index (χ0v) is 10.8. The van der Waals surface area contributed by atoms with E-state index in [0.29, 0.717) is 5.69 Å². The molecule has 0 saturated heterocycles. The van der Waals surface area contributed by atoms with E-state index in [0.717, 1.165) is 26.6 Å². The minimum atomic E-state index is 0.0454. The average Bonchev–Trinajstić information content (AvgIpc) is 3.01. The number of aromatic nitrogens is 1. The summed E-state index contributed by atoms with van der Waals surface area (Å²) in [4.78, 5) is 17.8. The third-order valence-electron chi connectivity index (χ3n) is 3.28. The Morgan fingerprint density at radius 2 is 1.53 bits per heavy atom. The van der Waals surface area contributed by atoms with Crippen LogP contribution in [0.25, 0.3) is 21.0 Å². The zero-order valence-electron chi connectivity index (χ0n) is 9.96. The van der Waals surface area contributed by atoms with Crippen molar-refractivity contribution in [2.45, 2.75) is 0 Å². The Morgan fingerprint density at radius 1 is 0.842 bits per heavy atom. The van der Waals surface area contributed by atoms with E-state index in [1.54, 1.807) is 11.3 Å². The van der Waals surface area contributed by atoms with Crippen LogP contribution in [-0.4, -0.2) is 10.8 Å². The number of carbonyl (C=O) groups is 1. The van der Waals surface area contributed by atoms with Crippen molar-refractivity contribution in [2.24, 2.45) is 0 Å². The van der Waals surface area contributed by atoms with Gasteiger partial charge in [0, 0.05) is 16.7 Å². The number of carbonyl (C=O) groups excluding carboxylic acids is 1. The zero-order chi connectivity index (χ0) is 12.8. The van der Waals surface area contributed by atoms with Gasteiger partial charge in [0.2, 0.25) is 5.78 Å². The smallest absolute Gasteiger partial charge is 0.213 e. The maximum absolute atomic E-state index is 12.3. The monoisotopic (exact) mass is 263 g/mol. The highest BCUT2D eigenvalue weighted by molar-refractivity contribution is 7.19. The van der Waals surface area contributed by atoms with Crippen molar-refractivity contribution in [3.05, 3.63) is 65.9 Å². The van der Waals surface area contributed by atoms with Crippen molar-refractivity contribution in [3.63, 3.8) is 0 Å². The molecule has 0 saturated carbocycles. The lowest BCUT2D eigenvalue weighted by molar-refractivity contribution is 0.103. The van der Waals surface area contributed by atoms with E-state index >= 15 is 0 Å². The van der Waals surface area contributed by atoms with E-state index in [2.05, 4.69) is 4.98 Å². The van der Waals surface area contributed by atoms with E-state index < -0.39 is 0 Å². The summed E-state index contributed by atoms with van der Waals surface area (Å²) in [5.41, 5.74) is 3.45. The number of benzene rings is 2. The van der Waals surface area contributed by atoms with Crippen LogP contribution in [-0.2, 0) is 0 Å². The standard InChI is InChI=1S/C16H9NOS/c18-14-11-8-4-5-9-12(11)15-13(14)17-16(19-15)10-6-2-1-3-7-10/h1-9H. The molecule has 0 bridgehead atoms. The number of hydrogen-bond acceptors (Lipinski definition) is 3. The van der Waals surface area contributed by atoms with Gasteiger partial charge >= 0.3 is 0 Å². The Hall–Kier alpha value is -2.26. The van der Waals surface area contributed by atoms with Crippen LogP contribution >= 0.6 is 11.3 Å². The molecule has 0 fully saturated rings. The number of fused-ring (bicyclic) bond motifs is 3. The minimum Gasteiger partial charge on any atom is -0.287 e. The van der Waals surface area contributed by atoms with Crippen molar-refractivity contribution in [3.8, 4) is 21.0 Å². The first kappa shape index (κ1) is 10.6. The number of nitrogens with zero attached hydrogens (tertiary/aromatic N) is 1. The molecular weight excluding hydrogens is 254 g/mol. The Morgan fingerprint density at radius 3 is 2.32 bits per heavy atom. The number of thiazole rings is 1. The molecule has 1 aliphatic rings. The van der Waals surface area contributed by atoms with Gasteiger partial charge in [-0.3, -0.25) is 4.79 Å². The van der Waals surface area contributed by atoms with Crippen LogP contribution in [0.4, 0.5) is 0 Å². The lowest BCUT2D eigenvalue weighted by Crippen LogP contribution is -1.96. The van der Waals surface area contributed by atoms with Crippen molar-refractivity contribution in [2.75, 3.05) is 0 Å². The topological polar surface area (TPSA) is 30.0 Å². The predicted octanol–water partition coefficient (Wildman–Crippen LogP) is 4.02. The lowest BCUT2D eigenvalue weighted by Gasteiger charge is -1.97. The number of hydrogen-bond donors (Lipinski definition) is 0. The van der Waals surface area contributed by atoms with Crippen LogP contribution in [0.15, 0.2) is 54.6 Å². The Balaban J connectivity index is 1.93. The third kappa shape index (κ3) is 1.48. The van der Waals surface area contributed by atoms with Gasteiger partial charge in [0.1, 0.15) is 10.7 Å². The quantitative estimate of drug-likeness (QED) is 0.519. The maximum atomic E-state index is 12.3. The average molecular weight is 263 g/mol. The predicted molar refractivity (Wildman–Crippen MR) is 76.4 cm³/mol. The molecule has 1 heterocycles. The van der Waals surface area contributed by atoms with Gasteiger partial charge in [-0.15, -0.1) is 11.3 Å². The summed E-state index contributed by atoms with van der Waals surface area (Å²) in [6, 6.07) is 17.7. The Labute approximate surface area is 114 Å². The van der Waals surface area contributed by atoms with E-state index in [-0.39, 0.29) is 5.78 Å². The molecule has 2 nitrogen and oxygen atoms in total. The van der Waals surface area contributed by atoms with Crippen molar-refractivity contribution in [1.29, 1.82) is 0 Å². The van der Waals surface area contributed by atoms with Gasteiger partial charge in [0.25, 0.3) is 0 Å². The van der Waals surface area contributed by atoms with E-state index in [1.807, 2.05) is 54.6 Å². The van der Waals surface area contributed by atoms with Crippen LogP contribution in [0.5, 0.6) is 0 Å². The molecule has 0 amide bonds. The van der Waals surface area contributed by atoms with E-state index in [1.165, 1.54) is 0 Å². The van der Waals surface area contributed by atoms with Crippen molar-refractivity contribution < 1.29 is 4.79 Å². The van der Waals surface area contributed by atoms with Gasteiger partial charge in [0.05, 0.1) is 4.88 Å². The SMILES string of the molecule is O=C1c2ccccc2-c2sc(-c3ccccc3)nc21. The lowest BCUT2D eigenvalue weighted by atomic mass is 10.1. The fourth-order valence-electron chi connectivity index (χ4n) is 2.37. The molecule has 4 rings (SSSR count). The summed E-state index contributed by atoms with van der Waals surface area (Å²) in [7, 11) is 0. The van der Waals surface area contributed by atoms with Crippen LogP contribution in [0.3, 0.4) is 0 Å². The van der Waals surface area contributed by atoms with Gasteiger partial charge in [-0.2, -0.15) is 0 Å². The van der Waals surface area contributed by atoms with Gasteiger partial charge in [-0.05, 0) is 0 Å². The fraction of sp³-hybridized carbons (Fsp3) is 0. The van der Waals surface area contributed by atoms with Crippen LogP contribution in [0.1, 0.15) is 16.1 Å². The highest BCUT2D eigenvalue weighted by Gasteiger charge is 2.30. The summed E-state index contributed by atoms with van der Waals surface area (Å²) in [5.74, 6) is 0.0454. The van der Waals surface area contributed by atoms with Gasteiger partial charge < -0.3 is 0 Å². The third-order valence-corrected chi connectivity index (χ3v) is 4.42. The molecule has 3 aromatic rings. The molecule has 1 aliphatic carbocycles. The first-order chi connectivity index (χ1) is 9.34. The molecule has 3 heteroatoms. The summed E-state index contributed by atoms with van der Waals surface area (Å²) < 4.78 is 0. The largest absolute Gasteiger partial charge is 0.287 e. The molecule has 0 unspecified atom stereocenters. The first-order valence-corrected chi connectivity index (χ1v) is 6.86. The summed E-state index contributed by atoms with van der Waals surface area (Å²) in [6.07, 6.45) is 0. The first-order valence-electron chi connectivity index (χ1n) is 6.05. The fourth-order valence-corrected chi connectivity index (χ4v) is 3.47. The van der Waals surface area contributed by atoms with E-state index in [9.17, 15) is 4.79 Å². The molecule has 0 aliphatic heterocycles. The molecule has 90 valence electrons. The molecule has 0 N–H and O–H groups in total. The van der Waals surface area contributed by atoms with Gasteiger partial charge in [0.15, 0.2) is 0 Å². The second-order valence-corrected chi connectivity index (χ2v) is 5.44. The molecule has 2 aromatic carbocycles. The molecule has 0 atom stereocenters. The summed E-state index contributed by atoms with van der Waals surface area (Å²) >= 11 is 1.59. The van der Waals surface area contributed by atoms with Crippen LogP contribution in [0, 0.1) is 0 Å². The van der Waals surface area contributed by atoms with Crippen LogP contribution in [0.2, 0.25) is 0 Å². The summed E-state index contributed by atoms with van der Waals surface area (Å²) in [6.45, 7) is 0. The van der Waals surface area contributed by atoms with E-state index in [4.69, 9.17) is 0 Å². The van der Waals surface area contributed by atoms with Crippen molar-refractivity contribution in [1.82, 2.24) is 4.98 Å². The highest BCUT2D eigenvalue weighted by atomic mass is 32.1. The molecule has 19 heavy (non-hydrogen) atoms. The number of ketones is 1. The maximum Gasteiger partial charge on any atom is 0.213 e. The molecule has 1 aromatic heterocycles. The second-order valence-electron chi connectivity index (χ2n) is 4.44. The minimum absolute atomic E-state index is 0.0454. The van der Waals surface area contributed by atoms with Gasteiger partial charge in [-0.1, -0.05) is 54.6 Å². The molecule has 0 radical (unpaired) electrons. The summed E-state index contributed by atoms with van der Waals surface area (Å²) in [5, 5.41) is 0.911. The number of rotatable bonds is 1. The molecular formula is C16H9NOS. The van der Waals surface area contributed by atoms with Gasteiger partial charge in [-0.25, -0.2) is 4.98 Å². The highest BCUT2D eigenvalue weighted by Crippen LogP contribution is 2.42. The Bertz CT molecular complexity index is 790.